The summed E-state index contributed by atoms with van der Waals surface area (Å²) in [6.07, 6.45) is 1.53. The number of nitriles is 1. The summed E-state index contributed by atoms with van der Waals surface area (Å²) >= 11 is 0. The van der Waals surface area contributed by atoms with Gasteiger partial charge in [0.05, 0.1) is 28.4 Å². The van der Waals surface area contributed by atoms with Crippen LogP contribution in [0.25, 0.3) is 16.6 Å². The molecule has 6 heteroatoms. The van der Waals surface area contributed by atoms with Crippen LogP contribution >= 0.6 is 0 Å². The SMILES string of the molecule is N#Cc1ccc(-n2cc3c(C(=O)O)cc(F)cc3n2)cc1. The molecule has 0 spiro atoms. The first-order valence-corrected chi connectivity index (χ1v) is 6.01. The summed E-state index contributed by atoms with van der Waals surface area (Å²) in [5.74, 6) is -1.86. The van der Waals surface area contributed by atoms with Crippen LogP contribution in [-0.2, 0) is 0 Å². The summed E-state index contributed by atoms with van der Waals surface area (Å²) in [4.78, 5) is 11.2. The van der Waals surface area contributed by atoms with Crippen LogP contribution in [0.15, 0.2) is 42.6 Å². The molecule has 0 bridgehead atoms. The molecule has 0 aliphatic heterocycles. The van der Waals surface area contributed by atoms with Gasteiger partial charge in [0.2, 0.25) is 0 Å². The zero-order chi connectivity index (χ0) is 15.0. The second-order valence-electron chi connectivity index (χ2n) is 4.42. The molecule has 0 aliphatic rings. The maximum absolute atomic E-state index is 13.4. The number of carboxylic acid groups (broad SMARTS) is 1. The van der Waals surface area contributed by atoms with Crippen LogP contribution in [0.3, 0.4) is 0 Å². The highest BCUT2D eigenvalue weighted by atomic mass is 19.1. The average Bonchev–Trinajstić information content (AvgIpc) is 2.90. The van der Waals surface area contributed by atoms with Gasteiger partial charge in [-0.1, -0.05) is 0 Å². The maximum atomic E-state index is 13.4. The molecule has 0 atom stereocenters. The molecular formula is C15H8FN3O2. The highest BCUT2D eigenvalue weighted by Gasteiger charge is 2.14. The molecule has 1 heterocycles. The Bertz CT molecular complexity index is 892. The van der Waals surface area contributed by atoms with E-state index in [1.165, 1.54) is 16.9 Å². The zero-order valence-corrected chi connectivity index (χ0v) is 10.6. The molecule has 0 radical (unpaired) electrons. The van der Waals surface area contributed by atoms with Crippen LogP contribution in [0.2, 0.25) is 0 Å². The topological polar surface area (TPSA) is 78.9 Å². The van der Waals surface area contributed by atoms with Crippen LogP contribution in [0, 0.1) is 17.1 Å². The van der Waals surface area contributed by atoms with Gasteiger partial charge in [0, 0.05) is 17.6 Å². The van der Waals surface area contributed by atoms with Gasteiger partial charge in [-0.05, 0) is 30.3 Å². The monoisotopic (exact) mass is 281 g/mol. The number of benzene rings is 2. The third kappa shape index (κ3) is 2.21. The Kier molecular flexibility index (Phi) is 2.88. The summed E-state index contributed by atoms with van der Waals surface area (Å²) in [6, 6.07) is 10.8. The van der Waals surface area contributed by atoms with Gasteiger partial charge >= 0.3 is 5.97 Å². The largest absolute Gasteiger partial charge is 0.478 e. The molecule has 5 nitrogen and oxygen atoms in total. The van der Waals surface area contributed by atoms with Crippen molar-refractivity contribution < 1.29 is 14.3 Å². The molecule has 102 valence electrons. The van der Waals surface area contributed by atoms with E-state index < -0.39 is 11.8 Å². The van der Waals surface area contributed by atoms with Crippen molar-refractivity contribution in [3.8, 4) is 11.8 Å². The van der Waals surface area contributed by atoms with Crippen LogP contribution in [0.4, 0.5) is 4.39 Å². The Morgan fingerprint density at radius 1 is 1.29 bits per heavy atom. The summed E-state index contributed by atoms with van der Waals surface area (Å²) in [5.41, 5.74) is 1.29. The Morgan fingerprint density at radius 3 is 2.62 bits per heavy atom. The predicted molar refractivity (Wildman–Crippen MR) is 72.7 cm³/mol. The number of hydrogen-bond acceptors (Lipinski definition) is 3. The Balaban J connectivity index is 2.18. The molecule has 1 aromatic heterocycles. The van der Waals surface area contributed by atoms with Gasteiger partial charge in [0.15, 0.2) is 0 Å². The fourth-order valence-electron chi connectivity index (χ4n) is 2.09. The van der Waals surface area contributed by atoms with Crippen LogP contribution in [0.1, 0.15) is 15.9 Å². The number of carbonyl (C=O) groups is 1. The van der Waals surface area contributed by atoms with E-state index in [0.29, 0.717) is 16.6 Å². The van der Waals surface area contributed by atoms with E-state index in [9.17, 15) is 9.18 Å². The van der Waals surface area contributed by atoms with Crippen molar-refractivity contribution in [2.24, 2.45) is 0 Å². The molecule has 0 unspecified atom stereocenters. The number of rotatable bonds is 2. The lowest BCUT2D eigenvalue weighted by atomic mass is 10.1. The minimum Gasteiger partial charge on any atom is -0.478 e. The van der Waals surface area contributed by atoms with E-state index in [0.717, 1.165) is 6.07 Å². The molecule has 21 heavy (non-hydrogen) atoms. The van der Waals surface area contributed by atoms with Gasteiger partial charge in [-0.3, -0.25) is 0 Å². The number of hydrogen-bond donors (Lipinski definition) is 1. The third-order valence-corrected chi connectivity index (χ3v) is 3.08. The summed E-state index contributed by atoms with van der Waals surface area (Å²) in [5, 5.41) is 22.4. The van der Waals surface area contributed by atoms with Crippen molar-refractivity contribution >= 4 is 16.9 Å². The van der Waals surface area contributed by atoms with E-state index in [2.05, 4.69) is 5.10 Å². The first-order valence-electron chi connectivity index (χ1n) is 6.01. The Morgan fingerprint density at radius 2 is 2.00 bits per heavy atom. The highest BCUT2D eigenvalue weighted by molar-refractivity contribution is 6.02. The Hall–Kier alpha value is -3.20. The fraction of sp³-hybridized carbons (Fsp3) is 0. The van der Waals surface area contributed by atoms with E-state index in [-0.39, 0.29) is 11.1 Å². The van der Waals surface area contributed by atoms with Gasteiger partial charge in [0.1, 0.15) is 5.82 Å². The lowest BCUT2D eigenvalue weighted by Gasteiger charge is -1.99. The van der Waals surface area contributed by atoms with Crippen molar-refractivity contribution in [3.05, 3.63) is 59.5 Å². The first-order chi connectivity index (χ1) is 10.1. The van der Waals surface area contributed by atoms with Gasteiger partial charge in [-0.25, -0.2) is 13.9 Å². The lowest BCUT2D eigenvalue weighted by Crippen LogP contribution is -1.97. The van der Waals surface area contributed by atoms with E-state index in [4.69, 9.17) is 10.4 Å². The van der Waals surface area contributed by atoms with Crippen molar-refractivity contribution in [2.75, 3.05) is 0 Å². The summed E-state index contributed by atoms with van der Waals surface area (Å²) in [7, 11) is 0. The molecule has 0 aliphatic carbocycles. The second-order valence-corrected chi connectivity index (χ2v) is 4.42. The van der Waals surface area contributed by atoms with Gasteiger partial charge < -0.3 is 5.11 Å². The first kappa shape index (κ1) is 12.8. The quantitative estimate of drug-likeness (QED) is 0.783. The smallest absolute Gasteiger partial charge is 0.336 e. The molecule has 0 amide bonds. The number of carboxylic acids is 1. The van der Waals surface area contributed by atoms with E-state index in [1.807, 2.05) is 6.07 Å². The number of fused-ring (bicyclic) bond motifs is 1. The molecule has 3 rings (SSSR count). The standard InChI is InChI=1S/C15H8FN3O2/c16-10-5-12(15(20)21)13-8-19(18-14(13)6-10)11-3-1-9(7-17)2-4-11/h1-6,8H,(H,20,21). The highest BCUT2D eigenvalue weighted by Crippen LogP contribution is 2.22. The fourth-order valence-corrected chi connectivity index (χ4v) is 2.09. The van der Waals surface area contributed by atoms with E-state index in [1.54, 1.807) is 24.3 Å². The average molecular weight is 281 g/mol. The van der Waals surface area contributed by atoms with Crippen molar-refractivity contribution in [1.29, 1.82) is 5.26 Å². The lowest BCUT2D eigenvalue weighted by molar-refractivity contribution is 0.0698. The molecule has 0 fully saturated rings. The van der Waals surface area contributed by atoms with Crippen LogP contribution < -0.4 is 0 Å². The summed E-state index contributed by atoms with van der Waals surface area (Å²) < 4.78 is 14.9. The molecule has 2 aromatic carbocycles. The predicted octanol–water partition coefficient (Wildman–Crippen LogP) is 2.73. The van der Waals surface area contributed by atoms with Crippen LogP contribution in [-0.4, -0.2) is 20.9 Å². The van der Waals surface area contributed by atoms with Gasteiger partial charge in [-0.2, -0.15) is 10.4 Å². The van der Waals surface area contributed by atoms with E-state index >= 15 is 0 Å². The van der Waals surface area contributed by atoms with Crippen molar-refractivity contribution in [2.45, 2.75) is 0 Å². The summed E-state index contributed by atoms with van der Waals surface area (Å²) in [6.45, 7) is 0. The van der Waals surface area contributed by atoms with Gasteiger partial charge in [-0.15, -0.1) is 0 Å². The molecule has 1 N–H and O–H groups in total. The number of aromatic nitrogens is 2. The number of aromatic carboxylic acids is 1. The van der Waals surface area contributed by atoms with Crippen LogP contribution in [0.5, 0.6) is 0 Å². The number of halogens is 1. The molecular weight excluding hydrogens is 273 g/mol. The van der Waals surface area contributed by atoms with Crippen molar-refractivity contribution in [1.82, 2.24) is 9.78 Å². The minimum absolute atomic E-state index is 0.134. The van der Waals surface area contributed by atoms with Crippen molar-refractivity contribution in [3.63, 3.8) is 0 Å². The normalized spacial score (nSPS) is 10.5. The number of nitrogens with zero attached hydrogens (tertiary/aromatic N) is 3. The minimum atomic E-state index is -1.21. The molecule has 0 saturated carbocycles. The second kappa shape index (κ2) is 4.72. The zero-order valence-electron chi connectivity index (χ0n) is 10.6. The molecule has 3 aromatic rings. The Labute approximate surface area is 118 Å². The van der Waals surface area contributed by atoms with Gasteiger partial charge in [0.25, 0.3) is 0 Å². The maximum Gasteiger partial charge on any atom is 0.336 e. The third-order valence-electron chi connectivity index (χ3n) is 3.08. The molecule has 0 saturated heterocycles.